The quantitative estimate of drug-likeness (QED) is 0.515. The van der Waals surface area contributed by atoms with E-state index < -0.39 is 15.9 Å². The molecule has 0 aliphatic rings. The highest BCUT2D eigenvalue weighted by molar-refractivity contribution is 7.89. The lowest BCUT2D eigenvalue weighted by molar-refractivity contribution is -0.118. The number of para-hydroxylation sites is 1. The van der Waals surface area contributed by atoms with Gasteiger partial charge in [-0.05, 0) is 18.2 Å². The molecule has 1 heterocycles. The molecule has 25 heavy (non-hydrogen) atoms. The molecule has 8 heteroatoms. The molecule has 7 nitrogen and oxygen atoms in total. The maximum atomic E-state index is 12.1. The summed E-state index contributed by atoms with van der Waals surface area (Å²) in [5.41, 5.74) is 6.75. The third-order valence-corrected chi connectivity index (χ3v) is 4.81. The van der Waals surface area contributed by atoms with Crippen molar-refractivity contribution >= 4 is 33.0 Å². The van der Waals surface area contributed by atoms with Crippen LogP contribution < -0.4 is 10.6 Å². The van der Waals surface area contributed by atoms with Crippen LogP contribution in [-0.2, 0) is 21.4 Å². The zero-order valence-corrected chi connectivity index (χ0v) is 14.0. The van der Waals surface area contributed by atoms with Crippen LogP contribution in [0.25, 0.3) is 10.9 Å². The van der Waals surface area contributed by atoms with Gasteiger partial charge in [0.1, 0.15) is 6.54 Å². The first kappa shape index (κ1) is 16.7. The number of carbonyl (C=O) groups excluding carboxylic acids is 1. The van der Waals surface area contributed by atoms with Crippen LogP contribution in [0, 0.1) is 0 Å². The second-order valence-electron chi connectivity index (χ2n) is 5.36. The van der Waals surface area contributed by atoms with Gasteiger partial charge in [-0.1, -0.05) is 36.4 Å². The van der Waals surface area contributed by atoms with Gasteiger partial charge in [0, 0.05) is 22.7 Å². The normalized spacial score (nSPS) is 11.8. The van der Waals surface area contributed by atoms with Gasteiger partial charge in [-0.2, -0.15) is 13.5 Å². The van der Waals surface area contributed by atoms with Crippen molar-refractivity contribution in [3.05, 3.63) is 66.4 Å². The van der Waals surface area contributed by atoms with Crippen molar-refractivity contribution in [1.82, 2.24) is 9.40 Å². The molecule has 3 aromatic rings. The summed E-state index contributed by atoms with van der Waals surface area (Å²) in [4.78, 5) is 13.5. The number of rotatable bonds is 6. The topological polar surface area (TPSA) is 107 Å². The molecular formula is C17H16N4O3S. The second-order valence-corrected chi connectivity index (χ2v) is 7.02. The van der Waals surface area contributed by atoms with Gasteiger partial charge in [0.15, 0.2) is 0 Å². The fourth-order valence-corrected chi connectivity index (χ4v) is 3.31. The molecule has 0 unspecified atom stereocenters. The first-order chi connectivity index (χ1) is 12.0. The van der Waals surface area contributed by atoms with Crippen molar-refractivity contribution in [3.63, 3.8) is 0 Å². The number of nitrogens with two attached hydrogens (primary N) is 1. The average molecular weight is 356 g/mol. The Balaban J connectivity index is 1.88. The van der Waals surface area contributed by atoms with E-state index in [1.807, 2.05) is 24.3 Å². The number of aromatic nitrogens is 1. The minimum atomic E-state index is -3.72. The van der Waals surface area contributed by atoms with E-state index in [9.17, 15) is 13.2 Å². The Bertz CT molecular complexity index is 1040. The molecule has 1 amide bonds. The van der Waals surface area contributed by atoms with E-state index in [0.717, 1.165) is 10.9 Å². The summed E-state index contributed by atoms with van der Waals surface area (Å²) in [6, 6.07) is 15.4. The number of amides is 1. The molecule has 1 aromatic heterocycles. The van der Waals surface area contributed by atoms with E-state index >= 15 is 0 Å². The Morgan fingerprint density at radius 2 is 1.80 bits per heavy atom. The highest BCUT2D eigenvalue weighted by Gasteiger charge is 2.12. The minimum Gasteiger partial charge on any atom is -0.368 e. The number of hydrogen-bond acceptors (Lipinski definition) is 4. The summed E-state index contributed by atoms with van der Waals surface area (Å²) < 4.78 is 26.0. The maximum Gasteiger partial charge on any atom is 0.276 e. The van der Waals surface area contributed by atoms with Crippen LogP contribution in [0.4, 0.5) is 0 Å². The molecule has 0 saturated carbocycles. The Hall–Kier alpha value is -3.13. The Morgan fingerprint density at radius 3 is 2.52 bits per heavy atom. The Kier molecular flexibility index (Phi) is 4.53. The van der Waals surface area contributed by atoms with Crippen LogP contribution in [0.15, 0.2) is 70.8 Å². The van der Waals surface area contributed by atoms with Crippen molar-refractivity contribution in [1.29, 1.82) is 0 Å². The largest absolute Gasteiger partial charge is 0.368 e. The smallest absolute Gasteiger partial charge is 0.276 e. The number of sulfonamides is 1. The molecular weight excluding hydrogens is 340 g/mol. The molecule has 3 N–H and O–H groups in total. The third-order valence-electron chi connectivity index (χ3n) is 3.58. The van der Waals surface area contributed by atoms with E-state index in [4.69, 9.17) is 5.73 Å². The molecule has 0 radical (unpaired) electrons. The van der Waals surface area contributed by atoms with Crippen molar-refractivity contribution in [2.24, 2.45) is 10.8 Å². The predicted octanol–water partition coefficient (Wildman–Crippen LogP) is 1.44. The molecule has 128 valence electrons. The van der Waals surface area contributed by atoms with Crippen LogP contribution in [0.1, 0.15) is 5.56 Å². The summed E-state index contributed by atoms with van der Waals surface area (Å²) in [6.45, 7) is 0.0318. The van der Waals surface area contributed by atoms with Gasteiger partial charge in [-0.15, -0.1) is 0 Å². The molecule has 0 aliphatic heterocycles. The van der Waals surface area contributed by atoms with E-state index in [1.165, 1.54) is 18.3 Å². The second kappa shape index (κ2) is 6.78. The lowest BCUT2D eigenvalue weighted by Gasteiger charge is -2.02. The summed E-state index contributed by atoms with van der Waals surface area (Å²) in [5.74, 6) is -0.464. The van der Waals surface area contributed by atoms with Crippen molar-refractivity contribution in [2.75, 3.05) is 0 Å². The first-order valence-electron chi connectivity index (χ1n) is 7.43. The van der Waals surface area contributed by atoms with Gasteiger partial charge in [0.05, 0.1) is 11.1 Å². The average Bonchev–Trinajstić information content (AvgIpc) is 2.93. The summed E-state index contributed by atoms with van der Waals surface area (Å²) in [5, 5.41) is 4.68. The highest BCUT2D eigenvalue weighted by Crippen LogP contribution is 2.19. The van der Waals surface area contributed by atoms with Gasteiger partial charge in [-0.3, -0.25) is 4.79 Å². The number of hydrazone groups is 1. The van der Waals surface area contributed by atoms with E-state index in [0.29, 0.717) is 5.56 Å². The number of hydrogen-bond donors (Lipinski definition) is 2. The molecule has 3 rings (SSSR count). The van der Waals surface area contributed by atoms with Crippen LogP contribution in [0.3, 0.4) is 0 Å². The Morgan fingerprint density at radius 1 is 1.12 bits per heavy atom. The number of primary amides is 1. The fraction of sp³-hybridized carbons (Fsp3) is 0.0588. The number of nitrogens with one attached hydrogen (secondary N) is 1. The van der Waals surface area contributed by atoms with Gasteiger partial charge < -0.3 is 10.3 Å². The number of fused-ring (bicyclic) bond motifs is 1. The monoisotopic (exact) mass is 356 g/mol. The fourth-order valence-electron chi connectivity index (χ4n) is 2.49. The highest BCUT2D eigenvalue weighted by atomic mass is 32.2. The van der Waals surface area contributed by atoms with Crippen LogP contribution in [-0.4, -0.2) is 25.1 Å². The Labute approximate surface area is 144 Å². The molecule has 0 spiro atoms. The maximum absolute atomic E-state index is 12.1. The van der Waals surface area contributed by atoms with Crippen molar-refractivity contribution in [2.45, 2.75) is 11.4 Å². The number of benzene rings is 2. The molecule has 2 aromatic carbocycles. The lowest BCUT2D eigenvalue weighted by Crippen LogP contribution is -2.18. The molecule has 0 atom stereocenters. The zero-order chi connectivity index (χ0) is 17.9. The first-order valence-corrected chi connectivity index (χ1v) is 8.92. The predicted molar refractivity (Wildman–Crippen MR) is 95.5 cm³/mol. The zero-order valence-electron chi connectivity index (χ0n) is 13.2. The molecule has 0 fully saturated rings. The third kappa shape index (κ3) is 3.69. The van der Waals surface area contributed by atoms with Gasteiger partial charge in [-0.25, -0.2) is 4.83 Å². The summed E-state index contributed by atoms with van der Waals surface area (Å²) >= 11 is 0. The van der Waals surface area contributed by atoms with E-state index in [-0.39, 0.29) is 11.4 Å². The lowest BCUT2D eigenvalue weighted by atomic mass is 10.2. The van der Waals surface area contributed by atoms with Gasteiger partial charge in [0.25, 0.3) is 10.0 Å². The molecule has 0 aliphatic carbocycles. The number of carbonyl (C=O) groups is 1. The summed E-state index contributed by atoms with van der Waals surface area (Å²) in [6.07, 6.45) is 3.11. The minimum absolute atomic E-state index is 0.0318. The van der Waals surface area contributed by atoms with Gasteiger partial charge >= 0.3 is 0 Å². The van der Waals surface area contributed by atoms with E-state index in [1.54, 1.807) is 29.0 Å². The van der Waals surface area contributed by atoms with Crippen molar-refractivity contribution < 1.29 is 13.2 Å². The molecule has 0 bridgehead atoms. The molecule has 0 saturated heterocycles. The van der Waals surface area contributed by atoms with Crippen molar-refractivity contribution in [3.8, 4) is 0 Å². The van der Waals surface area contributed by atoms with Gasteiger partial charge in [0.2, 0.25) is 5.91 Å². The van der Waals surface area contributed by atoms with Crippen LogP contribution in [0.2, 0.25) is 0 Å². The van der Waals surface area contributed by atoms with E-state index in [2.05, 4.69) is 9.93 Å². The van der Waals surface area contributed by atoms with Crippen LogP contribution >= 0.6 is 0 Å². The standard InChI is InChI=1S/C17H16N4O3S/c18-17(22)12-21-11-13(15-8-4-5-9-16(15)21)10-19-20-25(23,24)14-6-2-1-3-7-14/h1-11,20H,12H2,(H2,18,22). The SMILES string of the molecule is NC(=O)Cn1cc(C=NNS(=O)(=O)c2ccccc2)c2ccccc21. The van der Waals surface area contributed by atoms with Crippen LogP contribution in [0.5, 0.6) is 0 Å². The summed E-state index contributed by atoms with van der Waals surface area (Å²) in [7, 11) is -3.72. The number of nitrogens with zero attached hydrogens (tertiary/aromatic N) is 2.